The van der Waals surface area contributed by atoms with E-state index in [1.165, 1.54) is 0 Å². The first-order chi connectivity index (χ1) is 9.44. The molecule has 2 rings (SSSR count). The highest BCUT2D eigenvalue weighted by atomic mass is 16.5. The van der Waals surface area contributed by atoms with Crippen molar-refractivity contribution >= 4 is 17.3 Å². The maximum absolute atomic E-state index is 12.4. The van der Waals surface area contributed by atoms with Crippen LogP contribution >= 0.6 is 0 Å². The van der Waals surface area contributed by atoms with Crippen molar-refractivity contribution in [2.24, 2.45) is 11.7 Å². The minimum Gasteiger partial charge on any atom is -0.495 e. The molecule has 5 nitrogen and oxygen atoms in total. The molecule has 1 fully saturated rings. The second-order valence-electron chi connectivity index (χ2n) is 5.75. The predicted octanol–water partition coefficient (Wildman–Crippen LogP) is 2.12. The third-order valence-corrected chi connectivity index (χ3v) is 4.07. The van der Waals surface area contributed by atoms with E-state index in [9.17, 15) is 4.79 Å². The van der Waals surface area contributed by atoms with E-state index in [0.29, 0.717) is 17.1 Å². The van der Waals surface area contributed by atoms with Crippen molar-refractivity contribution in [3.05, 3.63) is 18.2 Å². The molecule has 1 aliphatic carbocycles. The molecule has 0 bridgehead atoms. The summed E-state index contributed by atoms with van der Waals surface area (Å²) in [5.74, 6) is 0.420. The summed E-state index contributed by atoms with van der Waals surface area (Å²) in [4.78, 5) is 12.4. The van der Waals surface area contributed by atoms with Crippen LogP contribution in [0.15, 0.2) is 18.2 Å². The van der Waals surface area contributed by atoms with Crippen molar-refractivity contribution in [2.45, 2.75) is 38.1 Å². The smallest absolute Gasteiger partial charge is 0.229 e. The van der Waals surface area contributed by atoms with Crippen LogP contribution in [0.4, 0.5) is 11.4 Å². The van der Waals surface area contributed by atoms with Crippen molar-refractivity contribution in [1.29, 1.82) is 0 Å². The third-order valence-electron chi connectivity index (χ3n) is 4.07. The first kappa shape index (κ1) is 14.7. The first-order valence-electron chi connectivity index (χ1n) is 6.97. The summed E-state index contributed by atoms with van der Waals surface area (Å²) >= 11 is 0. The van der Waals surface area contributed by atoms with E-state index in [4.69, 9.17) is 16.2 Å². The Morgan fingerprint density at radius 3 is 2.80 bits per heavy atom. The molecule has 1 saturated carbocycles. The van der Waals surface area contributed by atoms with Gasteiger partial charge in [-0.3, -0.25) is 4.79 Å². The number of rotatable bonds is 3. The molecule has 0 aromatic heterocycles. The van der Waals surface area contributed by atoms with Gasteiger partial charge in [0.05, 0.1) is 18.7 Å². The standard InChI is InChI=1S/C15H23N3O2/c1-15(17)8-4-3-5-11(15)14(19)18-10-6-7-13(20-2)12(16)9-10/h6-7,9,11H,3-5,8,16-17H2,1-2H3,(H,18,19). The van der Waals surface area contributed by atoms with Gasteiger partial charge in [0.1, 0.15) is 5.75 Å². The summed E-state index contributed by atoms with van der Waals surface area (Å²) in [6, 6.07) is 5.23. The maximum atomic E-state index is 12.4. The SMILES string of the molecule is COc1ccc(NC(=O)C2CCCCC2(C)N)cc1N. The quantitative estimate of drug-likeness (QED) is 0.738. The molecule has 0 saturated heterocycles. The highest BCUT2D eigenvalue weighted by molar-refractivity contribution is 5.94. The van der Waals surface area contributed by atoms with Gasteiger partial charge in [-0.2, -0.15) is 0 Å². The fourth-order valence-electron chi connectivity index (χ4n) is 2.83. The van der Waals surface area contributed by atoms with Crippen LogP contribution in [0.1, 0.15) is 32.6 Å². The first-order valence-corrected chi connectivity index (χ1v) is 6.97. The number of hydrogen-bond donors (Lipinski definition) is 3. The van der Waals surface area contributed by atoms with E-state index in [2.05, 4.69) is 5.32 Å². The number of anilines is 2. The fraction of sp³-hybridized carbons (Fsp3) is 0.533. The van der Waals surface area contributed by atoms with Gasteiger partial charge in [-0.1, -0.05) is 12.8 Å². The predicted molar refractivity (Wildman–Crippen MR) is 80.6 cm³/mol. The van der Waals surface area contributed by atoms with Gasteiger partial charge in [0.2, 0.25) is 5.91 Å². The minimum absolute atomic E-state index is 0.0285. The molecule has 1 aliphatic rings. The summed E-state index contributed by atoms with van der Waals surface area (Å²) in [6.45, 7) is 1.96. The fourth-order valence-corrected chi connectivity index (χ4v) is 2.83. The Morgan fingerprint density at radius 1 is 1.45 bits per heavy atom. The minimum atomic E-state index is -0.430. The Kier molecular flexibility index (Phi) is 4.18. The van der Waals surface area contributed by atoms with E-state index in [1.54, 1.807) is 25.3 Å². The molecule has 1 amide bonds. The molecule has 1 aromatic carbocycles. The van der Waals surface area contributed by atoms with Crippen LogP contribution in [0.25, 0.3) is 0 Å². The average molecular weight is 277 g/mol. The van der Waals surface area contributed by atoms with E-state index >= 15 is 0 Å². The van der Waals surface area contributed by atoms with Crippen LogP contribution in [0.2, 0.25) is 0 Å². The largest absolute Gasteiger partial charge is 0.495 e. The van der Waals surface area contributed by atoms with E-state index in [1.807, 2.05) is 6.92 Å². The second kappa shape index (κ2) is 5.71. The van der Waals surface area contributed by atoms with Gasteiger partial charge in [0.25, 0.3) is 0 Å². The monoisotopic (exact) mass is 277 g/mol. The van der Waals surface area contributed by atoms with Crippen LogP contribution in [-0.2, 0) is 4.79 Å². The number of amides is 1. The molecule has 5 N–H and O–H groups in total. The second-order valence-corrected chi connectivity index (χ2v) is 5.75. The van der Waals surface area contributed by atoms with Crippen LogP contribution in [0.3, 0.4) is 0 Å². The van der Waals surface area contributed by atoms with Gasteiger partial charge in [-0.05, 0) is 38.0 Å². The van der Waals surface area contributed by atoms with Crippen molar-refractivity contribution in [3.8, 4) is 5.75 Å². The van der Waals surface area contributed by atoms with Gasteiger partial charge in [-0.25, -0.2) is 0 Å². The maximum Gasteiger partial charge on any atom is 0.229 e. The molecule has 2 atom stereocenters. The number of hydrogen-bond acceptors (Lipinski definition) is 4. The van der Waals surface area contributed by atoms with Gasteiger partial charge in [0.15, 0.2) is 0 Å². The molecular formula is C15H23N3O2. The zero-order valence-corrected chi connectivity index (χ0v) is 12.1. The van der Waals surface area contributed by atoms with E-state index in [-0.39, 0.29) is 11.8 Å². The van der Waals surface area contributed by atoms with Gasteiger partial charge in [-0.15, -0.1) is 0 Å². The number of carbonyl (C=O) groups is 1. The molecular weight excluding hydrogens is 254 g/mol. The Hall–Kier alpha value is -1.75. The summed E-state index contributed by atoms with van der Waals surface area (Å²) in [5.41, 5.74) is 12.8. The molecule has 2 unspecified atom stereocenters. The molecule has 0 heterocycles. The molecule has 0 spiro atoms. The topological polar surface area (TPSA) is 90.4 Å². The molecule has 0 aliphatic heterocycles. The molecule has 1 aromatic rings. The lowest BCUT2D eigenvalue weighted by Crippen LogP contribution is -2.51. The summed E-state index contributed by atoms with van der Waals surface area (Å²) < 4.78 is 5.10. The van der Waals surface area contributed by atoms with E-state index < -0.39 is 5.54 Å². The summed E-state index contributed by atoms with van der Waals surface area (Å²) in [7, 11) is 1.56. The molecule has 5 heteroatoms. The summed E-state index contributed by atoms with van der Waals surface area (Å²) in [5, 5.41) is 2.90. The number of nitrogens with one attached hydrogen (secondary N) is 1. The van der Waals surface area contributed by atoms with E-state index in [0.717, 1.165) is 25.7 Å². The van der Waals surface area contributed by atoms with Crippen molar-refractivity contribution in [2.75, 3.05) is 18.2 Å². The third kappa shape index (κ3) is 3.04. The lowest BCUT2D eigenvalue weighted by Gasteiger charge is -2.37. The Morgan fingerprint density at radius 2 is 2.20 bits per heavy atom. The normalized spacial score (nSPS) is 26.1. The molecule has 20 heavy (non-hydrogen) atoms. The highest BCUT2D eigenvalue weighted by Crippen LogP contribution is 2.33. The van der Waals surface area contributed by atoms with Crippen molar-refractivity contribution in [1.82, 2.24) is 0 Å². The summed E-state index contributed by atoms with van der Waals surface area (Å²) in [6.07, 6.45) is 3.86. The number of carbonyl (C=O) groups excluding carboxylic acids is 1. The number of nitrogens with two attached hydrogens (primary N) is 2. The van der Waals surface area contributed by atoms with Crippen LogP contribution in [0, 0.1) is 5.92 Å². The van der Waals surface area contributed by atoms with Crippen molar-refractivity contribution < 1.29 is 9.53 Å². The highest BCUT2D eigenvalue weighted by Gasteiger charge is 2.37. The average Bonchev–Trinajstić information content (AvgIpc) is 2.38. The van der Waals surface area contributed by atoms with Crippen molar-refractivity contribution in [3.63, 3.8) is 0 Å². The lowest BCUT2D eigenvalue weighted by molar-refractivity contribution is -0.122. The lowest BCUT2D eigenvalue weighted by atomic mass is 9.74. The number of benzene rings is 1. The number of methoxy groups -OCH3 is 1. The Balaban J connectivity index is 2.09. The zero-order chi connectivity index (χ0) is 14.8. The van der Waals surface area contributed by atoms with Gasteiger partial charge < -0.3 is 21.5 Å². The Labute approximate surface area is 119 Å². The number of nitrogen functional groups attached to an aromatic ring is 1. The van der Waals surface area contributed by atoms with Crippen LogP contribution < -0.4 is 21.5 Å². The zero-order valence-electron chi connectivity index (χ0n) is 12.1. The van der Waals surface area contributed by atoms with Crippen LogP contribution in [0.5, 0.6) is 5.75 Å². The molecule has 110 valence electrons. The van der Waals surface area contributed by atoms with Crippen LogP contribution in [-0.4, -0.2) is 18.6 Å². The number of ether oxygens (including phenoxy) is 1. The van der Waals surface area contributed by atoms with Gasteiger partial charge in [0, 0.05) is 11.2 Å². The van der Waals surface area contributed by atoms with Gasteiger partial charge >= 0.3 is 0 Å². The Bertz CT molecular complexity index is 500. The molecule has 0 radical (unpaired) electrons.